The Hall–Kier alpha value is -0.580. The molecule has 2 rings (SSSR count). The number of halogens is 2. The van der Waals surface area contributed by atoms with Gasteiger partial charge in [-0.15, -0.1) is 0 Å². The second kappa shape index (κ2) is 6.25. The SMILES string of the molecule is CC1CCC(C(=O)O)CN1Cc1ccc(Cl)c(Br)c1. The van der Waals surface area contributed by atoms with E-state index in [1.807, 2.05) is 18.2 Å². The fourth-order valence-electron chi connectivity index (χ4n) is 2.47. The molecule has 1 aliphatic heterocycles. The van der Waals surface area contributed by atoms with E-state index in [9.17, 15) is 4.79 Å². The van der Waals surface area contributed by atoms with Crippen molar-refractivity contribution >= 4 is 33.5 Å². The van der Waals surface area contributed by atoms with Gasteiger partial charge in [0.2, 0.25) is 0 Å². The predicted molar refractivity (Wildman–Crippen MR) is 79.4 cm³/mol. The first-order valence-electron chi connectivity index (χ1n) is 6.38. The molecule has 3 nitrogen and oxygen atoms in total. The van der Waals surface area contributed by atoms with Crippen LogP contribution in [-0.2, 0) is 11.3 Å². The van der Waals surface area contributed by atoms with Gasteiger partial charge in [0.25, 0.3) is 0 Å². The molecule has 1 aliphatic rings. The Bertz CT molecular complexity index is 481. The van der Waals surface area contributed by atoms with Crippen LogP contribution in [0.2, 0.25) is 5.02 Å². The van der Waals surface area contributed by atoms with Gasteiger partial charge in [-0.05, 0) is 53.4 Å². The maximum absolute atomic E-state index is 11.1. The summed E-state index contributed by atoms with van der Waals surface area (Å²) in [5.41, 5.74) is 1.15. The maximum atomic E-state index is 11.1. The lowest BCUT2D eigenvalue weighted by molar-refractivity contribution is -0.144. The molecule has 0 amide bonds. The summed E-state index contributed by atoms with van der Waals surface area (Å²) in [4.78, 5) is 13.3. The highest BCUT2D eigenvalue weighted by molar-refractivity contribution is 9.10. The average molecular weight is 347 g/mol. The van der Waals surface area contributed by atoms with Crippen LogP contribution in [0.5, 0.6) is 0 Å². The van der Waals surface area contributed by atoms with E-state index in [1.54, 1.807) is 0 Å². The molecule has 0 radical (unpaired) electrons. The van der Waals surface area contributed by atoms with Crippen LogP contribution in [0.3, 0.4) is 0 Å². The molecule has 1 aromatic rings. The molecule has 1 fully saturated rings. The molecular weight excluding hydrogens is 330 g/mol. The Labute approximate surface area is 126 Å². The minimum absolute atomic E-state index is 0.244. The van der Waals surface area contributed by atoms with Gasteiger partial charge in [0.15, 0.2) is 0 Å². The van der Waals surface area contributed by atoms with Gasteiger partial charge < -0.3 is 5.11 Å². The quantitative estimate of drug-likeness (QED) is 0.905. The van der Waals surface area contributed by atoms with Gasteiger partial charge in [-0.1, -0.05) is 17.7 Å². The van der Waals surface area contributed by atoms with E-state index in [4.69, 9.17) is 16.7 Å². The van der Waals surface area contributed by atoms with Gasteiger partial charge in [0.05, 0.1) is 10.9 Å². The Morgan fingerprint density at radius 1 is 1.53 bits per heavy atom. The standard InChI is InChI=1S/C14H17BrClNO2/c1-9-2-4-11(14(18)19)8-17(9)7-10-3-5-13(16)12(15)6-10/h3,5-6,9,11H,2,4,7-8H2,1H3,(H,18,19). The Morgan fingerprint density at radius 3 is 2.89 bits per heavy atom. The van der Waals surface area contributed by atoms with Crippen molar-refractivity contribution in [3.05, 3.63) is 33.3 Å². The lowest BCUT2D eigenvalue weighted by atomic mass is 9.93. The van der Waals surface area contributed by atoms with Crippen molar-refractivity contribution in [1.82, 2.24) is 4.90 Å². The summed E-state index contributed by atoms with van der Waals surface area (Å²) in [5.74, 6) is -0.930. The van der Waals surface area contributed by atoms with Crippen LogP contribution in [-0.4, -0.2) is 28.6 Å². The van der Waals surface area contributed by atoms with Gasteiger partial charge in [-0.25, -0.2) is 0 Å². The number of carboxylic acids is 1. The zero-order valence-corrected chi connectivity index (χ0v) is 13.1. The van der Waals surface area contributed by atoms with E-state index in [0.717, 1.165) is 29.4 Å². The number of aliphatic carboxylic acids is 1. The fraction of sp³-hybridized carbons (Fsp3) is 0.500. The number of nitrogens with zero attached hydrogens (tertiary/aromatic N) is 1. The minimum atomic E-state index is -0.686. The summed E-state index contributed by atoms with van der Waals surface area (Å²) >= 11 is 9.40. The highest BCUT2D eigenvalue weighted by atomic mass is 79.9. The number of hydrogen-bond donors (Lipinski definition) is 1. The Morgan fingerprint density at radius 2 is 2.26 bits per heavy atom. The van der Waals surface area contributed by atoms with Crippen LogP contribution < -0.4 is 0 Å². The topological polar surface area (TPSA) is 40.5 Å². The van der Waals surface area contributed by atoms with E-state index in [0.29, 0.717) is 17.6 Å². The van der Waals surface area contributed by atoms with Gasteiger partial charge >= 0.3 is 5.97 Å². The molecule has 104 valence electrons. The first-order valence-corrected chi connectivity index (χ1v) is 7.55. The van der Waals surface area contributed by atoms with Crippen LogP contribution in [0.1, 0.15) is 25.3 Å². The Kier molecular flexibility index (Phi) is 4.87. The van der Waals surface area contributed by atoms with Crippen molar-refractivity contribution in [3.8, 4) is 0 Å². The first kappa shape index (κ1) is 14.8. The zero-order valence-electron chi connectivity index (χ0n) is 10.8. The molecule has 0 spiro atoms. The van der Waals surface area contributed by atoms with E-state index in [1.165, 1.54) is 0 Å². The van der Waals surface area contributed by atoms with Gasteiger partial charge in [-0.2, -0.15) is 0 Å². The van der Waals surface area contributed by atoms with Crippen molar-refractivity contribution in [2.45, 2.75) is 32.4 Å². The molecule has 0 aliphatic carbocycles. The van der Waals surface area contributed by atoms with E-state index < -0.39 is 5.97 Å². The molecule has 2 unspecified atom stereocenters. The first-order chi connectivity index (χ1) is 8.97. The summed E-state index contributed by atoms with van der Waals surface area (Å²) in [6, 6.07) is 6.28. The lowest BCUT2D eigenvalue weighted by Gasteiger charge is -2.36. The third kappa shape index (κ3) is 3.71. The second-order valence-electron chi connectivity index (χ2n) is 5.14. The molecule has 0 aromatic heterocycles. The molecule has 2 atom stereocenters. The molecular formula is C14H17BrClNO2. The summed E-state index contributed by atoms with van der Waals surface area (Å²) in [6.45, 7) is 3.54. The number of rotatable bonds is 3. The van der Waals surface area contributed by atoms with Crippen molar-refractivity contribution in [3.63, 3.8) is 0 Å². The van der Waals surface area contributed by atoms with Gasteiger partial charge in [0, 0.05) is 23.6 Å². The highest BCUT2D eigenvalue weighted by Crippen LogP contribution is 2.27. The van der Waals surface area contributed by atoms with Gasteiger partial charge in [-0.3, -0.25) is 9.69 Å². The number of piperidine rings is 1. The second-order valence-corrected chi connectivity index (χ2v) is 6.40. The summed E-state index contributed by atoms with van der Waals surface area (Å²) < 4.78 is 0.881. The molecule has 1 heterocycles. The molecule has 0 bridgehead atoms. The largest absolute Gasteiger partial charge is 0.481 e. The van der Waals surface area contributed by atoms with E-state index in [2.05, 4.69) is 27.8 Å². The van der Waals surface area contributed by atoms with Crippen LogP contribution in [0.4, 0.5) is 0 Å². The third-order valence-corrected chi connectivity index (χ3v) is 4.94. The Balaban J connectivity index is 2.07. The van der Waals surface area contributed by atoms with Crippen LogP contribution in [0, 0.1) is 5.92 Å². The normalized spacial score (nSPS) is 24.4. The maximum Gasteiger partial charge on any atom is 0.307 e. The zero-order chi connectivity index (χ0) is 14.0. The number of likely N-dealkylation sites (tertiary alicyclic amines) is 1. The molecule has 19 heavy (non-hydrogen) atoms. The molecule has 1 aromatic carbocycles. The highest BCUT2D eigenvalue weighted by Gasteiger charge is 2.29. The van der Waals surface area contributed by atoms with E-state index in [-0.39, 0.29) is 5.92 Å². The third-order valence-electron chi connectivity index (χ3n) is 3.73. The monoisotopic (exact) mass is 345 g/mol. The lowest BCUT2D eigenvalue weighted by Crippen LogP contribution is -2.43. The number of benzene rings is 1. The van der Waals surface area contributed by atoms with Crippen molar-refractivity contribution in [2.24, 2.45) is 5.92 Å². The predicted octanol–water partition coefficient (Wildman–Crippen LogP) is 3.79. The van der Waals surface area contributed by atoms with Crippen LogP contribution in [0.15, 0.2) is 22.7 Å². The van der Waals surface area contributed by atoms with E-state index >= 15 is 0 Å². The molecule has 1 saturated heterocycles. The van der Waals surface area contributed by atoms with Crippen molar-refractivity contribution in [1.29, 1.82) is 0 Å². The fourth-order valence-corrected chi connectivity index (χ4v) is 3.02. The average Bonchev–Trinajstić information content (AvgIpc) is 2.36. The number of carbonyl (C=O) groups is 1. The van der Waals surface area contributed by atoms with Gasteiger partial charge in [0.1, 0.15) is 0 Å². The molecule has 5 heteroatoms. The summed E-state index contributed by atoms with van der Waals surface area (Å²) in [5, 5.41) is 9.83. The minimum Gasteiger partial charge on any atom is -0.481 e. The van der Waals surface area contributed by atoms with Crippen molar-refractivity contribution < 1.29 is 9.90 Å². The number of carboxylic acid groups (broad SMARTS) is 1. The smallest absolute Gasteiger partial charge is 0.307 e. The summed E-state index contributed by atoms with van der Waals surface area (Å²) in [6.07, 6.45) is 1.71. The van der Waals surface area contributed by atoms with Crippen LogP contribution in [0.25, 0.3) is 0 Å². The van der Waals surface area contributed by atoms with Crippen LogP contribution >= 0.6 is 27.5 Å². The number of hydrogen-bond acceptors (Lipinski definition) is 2. The molecule has 0 saturated carbocycles. The molecule has 1 N–H and O–H groups in total. The summed E-state index contributed by atoms with van der Waals surface area (Å²) in [7, 11) is 0. The van der Waals surface area contributed by atoms with Crippen molar-refractivity contribution in [2.75, 3.05) is 6.54 Å².